The zero-order chi connectivity index (χ0) is 110. The average molecular weight is 2030 g/mol. The Morgan fingerprint density at radius 3 is 0.375 bits per heavy atom. The smallest absolute Gasteiger partial charge is 0.220 e. The molecule has 0 heterocycles. The molecule has 0 aromatic rings. The van der Waals surface area contributed by atoms with Crippen molar-refractivity contribution in [3.05, 3.63) is 0 Å². The lowest BCUT2D eigenvalue weighted by Gasteiger charge is -2.39. The van der Waals surface area contributed by atoms with Crippen molar-refractivity contribution < 1.29 is 125 Å². The zero-order valence-corrected chi connectivity index (χ0v) is 91.6. The van der Waals surface area contributed by atoms with E-state index in [1.807, 2.05) is 13.8 Å². The lowest BCUT2D eigenvalue weighted by molar-refractivity contribution is -0.129. The molecule has 0 fully saturated rings. The number of carbonyl (C=O) groups excluding carboxylic acids is 26. The Hall–Kier alpha value is -9.78. The van der Waals surface area contributed by atoms with Crippen molar-refractivity contribution in [2.45, 2.75) is 544 Å². The van der Waals surface area contributed by atoms with Crippen LogP contribution in [0.1, 0.15) is 511 Å². The van der Waals surface area contributed by atoms with Crippen molar-refractivity contribution in [3.63, 3.8) is 0 Å². The van der Waals surface area contributed by atoms with Crippen molar-refractivity contribution in [1.82, 2.24) is 31.9 Å². The summed E-state index contributed by atoms with van der Waals surface area (Å²) in [7, 11) is 0. The maximum absolute atomic E-state index is 14.5. The van der Waals surface area contributed by atoms with E-state index in [9.17, 15) is 125 Å². The summed E-state index contributed by atoms with van der Waals surface area (Å²) in [6.07, 6.45) is 7.93. The first kappa shape index (κ1) is 136. The van der Waals surface area contributed by atoms with Crippen LogP contribution < -0.4 is 31.9 Å². The Morgan fingerprint density at radius 1 is 0.139 bits per heavy atom. The Morgan fingerprint density at radius 2 is 0.250 bits per heavy atom. The second-order valence-electron chi connectivity index (χ2n) is 43.0. The summed E-state index contributed by atoms with van der Waals surface area (Å²) in [5.41, 5.74) is -8.90. The third-order valence-corrected chi connectivity index (χ3v) is 28.2. The number of ketones is 20. The van der Waals surface area contributed by atoms with Crippen LogP contribution in [0, 0.1) is 10.8 Å². The maximum atomic E-state index is 14.5. The van der Waals surface area contributed by atoms with Gasteiger partial charge in [-0.15, -0.1) is 0 Å². The molecule has 0 unspecified atom stereocenters. The van der Waals surface area contributed by atoms with Crippen LogP contribution in [0.15, 0.2) is 0 Å². The molecule has 0 saturated heterocycles. The van der Waals surface area contributed by atoms with Gasteiger partial charge in [0, 0.05) is 213 Å². The predicted molar refractivity (Wildman–Crippen MR) is 552 cm³/mol. The Balaban J connectivity index is 0. The normalized spacial score (nSPS) is 11.9. The molecular formula is C112H182N6O26. The topological polar surface area (TPSA) is 516 Å². The van der Waals surface area contributed by atoms with Crippen LogP contribution in [0.4, 0.5) is 0 Å². The molecule has 0 aromatic carbocycles. The Kier molecular flexibility index (Phi) is 67.9. The van der Waals surface area contributed by atoms with Crippen molar-refractivity contribution in [1.29, 1.82) is 0 Å². The van der Waals surface area contributed by atoms with Gasteiger partial charge in [-0.25, -0.2) is 0 Å². The summed E-state index contributed by atoms with van der Waals surface area (Å²) in [6, 6.07) is 0. The fourth-order valence-electron chi connectivity index (χ4n) is 18.7. The van der Waals surface area contributed by atoms with E-state index in [1.54, 1.807) is 0 Å². The molecule has 0 bridgehead atoms. The van der Waals surface area contributed by atoms with Crippen LogP contribution in [0.3, 0.4) is 0 Å². The summed E-state index contributed by atoms with van der Waals surface area (Å²) in [6.45, 7) is 29.6. The third kappa shape index (κ3) is 67.1. The van der Waals surface area contributed by atoms with Gasteiger partial charge in [0.2, 0.25) is 35.4 Å². The van der Waals surface area contributed by atoms with Gasteiger partial charge in [-0.2, -0.15) is 0 Å². The van der Waals surface area contributed by atoms with Crippen molar-refractivity contribution in [3.8, 4) is 0 Å². The molecular weight excluding hydrogens is 1850 g/mol. The van der Waals surface area contributed by atoms with Gasteiger partial charge >= 0.3 is 0 Å². The first-order chi connectivity index (χ1) is 67.0. The van der Waals surface area contributed by atoms with E-state index in [2.05, 4.69) is 31.9 Å². The van der Waals surface area contributed by atoms with Crippen LogP contribution in [0.25, 0.3) is 0 Å². The maximum Gasteiger partial charge on any atom is 0.220 e. The van der Waals surface area contributed by atoms with Crippen LogP contribution >= 0.6 is 0 Å². The molecule has 0 aliphatic rings. The second kappa shape index (κ2) is 71.7. The van der Waals surface area contributed by atoms with Crippen molar-refractivity contribution in [2.24, 2.45) is 10.8 Å². The van der Waals surface area contributed by atoms with Gasteiger partial charge in [0.15, 0.2) is 0 Å². The minimum atomic E-state index is -1.38. The van der Waals surface area contributed by atoms with Crippen molar-refractivity contribution >= 4 is 151 Å². The van der Waals surface area contributed by atoms with Gasteiger partial charge in [0.05, 0.1) is 0 Å². The van der Waals surface area contributed by atoms with E-state index in [0.29, 0.717) is 12.8 Å². The molecule has 0 aliphatic heterocycles. The van der Waals surface area contributed by atoms with Crippen LogP contribution in [0.5, 0.6) is 0 Å². The molecule has 0 rings (SSSR count). The number of nitrogens with one attached hydrogen (secondary N) is 6. The number of Topliss-reactive ketones (excluding diaryl/α,β-unsaturated/α-hetero) is 20. The second-order valence-corrected chi connectivity index (χ2v) is 43.0. The van der Waals surface area contributed by atoms with Crippen LogP contribution in [-0.4, -0.2) is 184 Å². The highest BCUT2D eigenvalue weighted by molar-refractivity contribution is 5.88. The lowest BCUT2D eigenvalue weighted by Crippen LogP contribution is -2.53. The zero-order valence-electron chi connectivity index (χ0n) is 91.6. The SMILES string of the molecule is CCCCCC(=O)NC(CCC(=O)CC(CCC(C)=O)(CCC(C)=O)CCC(C)=O)(CCC(=O)NC(CCC(C)=O)(CCC(C)=O)CCC(C)=O)CCC(=O)NC(CCC(C)=O)(CCC(C)=O)CCC(C)=O.CCCCCC(=O)NC(CCC(=O)CC(CCC(C)=O)(CCC(C)=O)CCC(C)=O)(CCC(=O)NC(CCC(C)=O)(CCC(C)=O)CCC(C)=O)CCC(=O)NC(CCC(C)=O)(CCC(C)=O)CCC(C)=O. The van der Waals surface area contributed by atoms with E-state index in [-0.39, 0.29) is 461 Å². The Bertz CT molecular complexity index is 3410. The summed E-state index contributed by atoms with van der Waals surface area (Å²) in [5.74, 6) is -5.68. The first-order valence-corrected chi connectivity index (χ1v) is 52.8. The standard InChI is InChI=1S/2C56H91N3O13/c2*1-11-12-13-14-50(70)57-56(36-24-49(69)39-53(27-15-40(2)60,28-16-41(3)61)29-17-42(4)62,37-25-51(71)58-54(30-18-43(5)63,31-19-44(6)64)32-20-45(7)65)38-26-52(72)59-55(33-21-46(8)66,34-22-47(9)67)35-23-48(10)68/h2*11-39H2,1-10H3,(H,57,70)(H,58,71)(H,59,72). The molecule has 0 spiro atoms. The van der Waals surface area contributed by atoms with Crippen molar-refractivity contribution in [2.75, 3.05) is 0 Å². The summed E-state index contributed by atoms with van der Waals surface area (Å²) in [5, 5.41) is 18.6. The molecule has 0 aromatic heterocycles. The van der Waals surface area contributed by atoms with Crippen LogP contribution in [0.2, 0.25) is 0 Å². The number of unbranched alkanes of at least 4 members (excludes halogenated alkanes) is 4. The van der Waals surface area contributed by atoms with Crippen LogP contribution in [-0.2, 0) is 125 Å². The number of amides is 6. The minimum absolute atomic E-state index is 0.0393. The van der Waals surface area contributed by atoms with E-state index >= 15 is 0 Å². The monoisotopic (exact) mass is 2030 g/mol. The number of hydrogen-bond acceptors (Lipinski definition) is 26. The fourth-order valence-corrected chi connectivity index (χ4v) is 18.7. The molecule has 0 aliphatic carbocycles. The molecule has 32 heteroatoms. The highest BCUT2D eigenvalue weighted by atomic mass is 16.2. The average Bonchev–Trinajstić information content (AvgIpc) is 0.812. The first-order valence-electron chi connectivity index (χ1n) is 52.8. The van der Waals surface area contributed by atoms with Gasteiger partial charge < -0.3 is 118 Å². The van der Waals surface area contributed by atoms with E-state index in [1.165, 1.54) is 125 Å². The third-order valence-electron chi connectivity index (χ3n) is 28.2. The largest absolute Gasteiger partial charge is 0.351 e. The molecule has 0 atom stereocenters. The summed E-state index contributed by atoms with van der Waals surface area (Å²) < 4.78 is 0. The van der Waals surface area contributed by atoms with Gasteiger partial charge in [0.1, 0.15) is 116 Å². The van der Waals surface area contributed by atoms with E-state index in [0.717, 1.165) is 25.7 Å². The van der Waals surface area contributed by atoms with E-state index in [4.69, 9.17) is 0 Å². The minimum Gasteiger partial charge on any atom is -0.351 e. The summed E-state index contributed by atoms with van der Waals surface area (Å²) >= 11 is 0. The molecule has 144 heavy (non-hydrogen) atoms. The Labute approximate surface area is 858 Å². The van der Waals surface area contributed by atoms with E-state index < -0.39 is 67.7 Å². The summed E-state index contributed by atoms with van der Waals surface area (Å²) in [4.78, 5) is 336. The van der Waals surface area contributed by atoms with Gasteiger partial charge in [-0.3, -0.25) is 38.4 Å². The number of hydrogen-bond donors (Lipinski definition) is 6. The van der Waals surface area contributed by atoms with Gasteiger partial charge in [-0.1, -0.05) is 39.5 Å². The molecule has 6 amide bonds. The number of carbonyl (C=O) groups is 26. The molecule has 0 saturated carbocycles. The molecule has 32 nitrogen and oxygen atoms in total. The molecule has 816 valence electrons. The quantitative estimate of drug-likeness (QED) is 0.0308. The highest BCUT2D eigenvalue weighted by Crippen LogP contribution is 2.44. The van der Waals surface area contributed by atoms with Gasteiger partial charge in [-0.05, 0) is 302 Å². The van der Waals surface area contributed by atoms with Gasteiger partial charge in [0.25, 0.3) is 0 Å². The molecule has 0 radical (unpaired) electrons. The fraction of sp³-hybridized carbons (Fsp3) is 0.768. The molecule has 6 N–H and O–H groups in total. The highest BCUT2D eigenvalue weighted by Gasteiger charge is 2.44. The lowest BCUT2D eigenvalue weighted by atomic mass is 9.70. The number of rotatable bonds is 90. The predicted octanol–water partition coefficient (Wildman–Crippen LogP) is 17.5.